The maximum Gasteiger partial charge on any atom is 0.573 e. The predicted octanol–water partition coefficient (Wildman–Crippen LogP) is 4.84. The van der Waals surface area contributed by atoms with Gasteiger partial charge in [0.25, 0.3) is 6.01 Å². The van der Waals surface area contributed by atoms with E-state index in [1.54, 1.807) is 6.20 Å². The lowest BCUT2D eigenvalue weighted by molar-refractivity contribution is -0.274. The number of nitrogens with zero attached hydrogens (tertiary/aromatic N) is 1. The fourth-order valence-corrected chi connectivity index (χ4v) is 5.41. The topological polar surface area (TPSA) is 71.3 Å². The number of ether oxygens (including phenoxy) is 1. The first-order valence-electron chi connectivity index (χ1n) is 11.5. The Morgan fingerprint density at radius 1 is 0.938 bits per heavy atom. The molecule has 3 aliphatic rings. The molecule has 2 aromatic rings. The molecule has 0 radical (unpaired) electrons. The van der Waals surface area contributed by atoms with Crippen LogP contribution in [0.15, 0.2) is 34.9 Å². The summed E-state index contributed by atoms with van der Waals surface area (Å²) in [6.45, 7) is 0. The molecule has 6 nitrogen and oxygen atoms in total. The second-order valence-electron chi connectivity index (χ2n) is 9.14. The van der Waals surface area contributed by atoms with Crippen LogP contribution in [0.2, 0.25) is 0 Å². The monoisotopic (exact) mass is 450 g/mol. The smallest absolute Gasteiger partial charge is 0.424 e. The van der Waals surface area contributed by atoms with Crippen LogP contribution in [-0.4, -0.2) is 41.6 Å². The summed E-state index contributed by atoms with van der Waals surface area (Å²) in [6.07, 6.45) is 6.45. The molecule has 5 atom stereocenters. The van der Waals surface area contributed by atoms with E-state index in [-0.39, 0.29) is 11.8 Å². The van der Waals surface area contributed by atoms with E-state index in [9.17, 15) is 13.2 Å². The molecule has 174 valence electrons. The molecule has 0 spiro atoms. The van der Waals surface area contributed by atoms with Crippen molar-refractivity contribution in [2.45, 2.75) is 87.9 Å². The van der Waals surface area contributed by atoms with Gasteiger partial charge in [-0.15, -0.1) is 13.2 Å². The highest BCUT2D eigenvalue weighted by Gasteiger charge is 2.37. The molecule has 2 saturated heterocycles. The Balaban J connectivity index is 1.22. The summed E-state index contributed by atoms with van der Waals surface area (Å²) in [4.78, 5) is 4.36. The van der Waals surface area contributed by atoms with E-state index >= 15 is 0 Å². The number of nitrogens with one attached hydrogen (secondary N) is 3. The SMILES string of the molecule is FC(F)(F)Oc1ccc(-c2cnc(N[C@@H]3CCCC[C@H]3NC3CCC4CCC3N4)o2)cc1. The molecule has 2 aliphatic heterocycles. The number of aromatic nitrogens is 1. The van der Waals surface area contributed by atoms with Crippen molar-refractivity contribution in [1.82, 2.24) is 15.6 Å². The second kappa shape index (κ2) is 8.94. The standard InChI is InChI=1S/C23H29F3N4O2/c24-23(25,26)32-16-9-5-14(6-10-16)21-13-27-22(31-21)30-18-4-2-1-3-17(18)29-20-12-8-15-7-11-19(20)28-15/h5-6,9-10,13,15,17-20,28-29H,1-4,7-8,11-12H2,(H,27,30)/t15?,17-,18-,19?,20?/m1/s1. The van der Waals surface area contributed by atoms with Crippen molar-refractivity contribution in [3.05, 3.63) is 30.5 Å². The fourth-order valence-electron chi connectivity index (χ4n) is 5.41. The first kappa shape index (κ1) is 21.6. The van der Waals surface area contributed by atoms with Crippen LogP contribution in [0, 0.1) is 0 Å². The quantitative estimate of drug-likeness (QED) is 0.585. The van der Waals surface area contributed by atoms with Crippen molar-refractivity contribution in [1.29, 1.82) is 0 Å². The molecule has 1 saturated carbocycles. The third kappa shape index (κ3) is 5.04. The first-order chi connectivity index (χ1) is 15.4. The van der Waals surface area contributed by atoms with Crippen LogP contribution in [0.1, 0.15) is 51.4 Å². The minimum atomic E-state index is -4.71. The number of fused-ring (bicyclic) bond motifs is 2. The van der Waals surface area contributed by atoms with Gasteiger partial charge in [0.15, 0.2) is 5.76 Å². The predicted molar refractivity (Wildman–Crippen MR) is 114 cm³/mol. The Kier molecular flexibility index (Phi) is 6.03. The maximum absolute atomic E-state index is 12.3. The average Bonchev–Trinajstić information content (AvgIpc) is 3.38. The third-order valence-corrected chi connectivity index (χ3v) is 6.97. The van der Waals surface area contributed by atoms with Crippen molar-refractivity contribution in [2.24, 2.45) is 0 Å². The molecule has 9 heteroatoms. The first-order valence-corrected chi connectivity index (χ1v) is 11.5. The van der Waals surface area contributed by atoms with Gasteiger partial charge in [0.05, 0.1) is 6.20 Å². The molecule has 3 fully saturated rings. The number of oxazole rings is 1. The molecular weight excluding hydrogens is 421 g/mol. The molecule has 0 amide bonds. The summed E-state index contributed by atoms with van der Waals surface area (Å²) in [5.74, 6) is 0.237. The zero-order chi connectivity index (χ0) is 22.1. The minimum Gasteiger partial charge on any atom is -0.424 e. The van der Waals surface area contributed by atoms with Gasteiger partial charge in [0, 0.05) is 35.8 Å². The molecule has 3 unspecified atom stereocenters. The molecule has 32 heavy (non-hydrogen) atoms. The number of anilines is 1. The summed E-state index contributed by atoms with van der Waals surface area (Å²) >= 11 is 0. The van der Waals surface area contributed by atoms with Gasteiger partial charge in [0.2, 0.25) is 0 Å². The van der Waals surface area contributed by atoms with Crippen molar-refractivity contribution in [2.75, 3.05) is 5.32 Å². The maximum atomic E-state index is 12.3. The lowest BCUT2D eigenvalue weighted by Gasteiger charge is -2.39. The lowest BCUT2D eigenvalue weighted by atomic mass is 9.88. The highest BCUT2D eigenvalue weighted by molar-refractivity contribution is 5.58. The summed E-state index contributed by atoms with van der Waals surface area (Å²) in [6, 6.07) is 8.43. The van der Waals surface area contributed by atoms with Gasteiger partial charge in [-0.25, -0.2) is 4.98 Å². The molecule has 3 N–H and O–H groups in total. The Bertz CT molecular complexity index is 901. The summed E-state index contributed by atoms with van der Waals surface area (Å²) < 4.78 is 46.8. The molecule has 1 aromatic carbocycles. The van der Waals surface area contributed by atoms with Crippen LogP contribution in [0.3, 0.4) is 0 Å². The number of rotatable bonds is 6. The largest absolute Gasteiger partial charge is 0.573 e. The molecule has 2 bridgehead atoms. The van der Waals surface area contributed by atoms with Gasteiger partial charge in [0.1, 0.15) is 5.75 Å². The van der Waals surface area contributed by atoms with Crippen LogP contribution < -0.4 is 20.7 Å². The van der Waals surface area contributed by atoms with Gasteiger partial charge in [-0.3, -0.25) is 0 Å². The Morgan fingerprint density at radius 2 is 1.69 bits per heavy atom. The molecule has 1 aromatic heterocycles. The van der Waals surface area contributed by atoms with E-state index in [2.05, 4.69) is 25.7 Å². The lowest BCUT2D eigenvalue weighted by Crippen LogP contribution is -2.57. The highest BCUT2D eigenvalue weighted by Crippen LogP contribution is 2.31. The zero-order valence-electron chi connectivity index (χ0n) is 17.8. The number of halogens is 3. The van der Waals surface area contributed by atoms with Crippen molar-refractivity contribution in [3.63, 3.8) is 0 Å². The van der Waals surface area contributed by atoms with Crippen LogP contribution in [0.4, 0.5) is 19.2 Å². The van der Waals surface area contributed by atoms with Gasteiger partial charge in [-0.05, 0) is 62.8 Å². The van der Waals surface area contributed by atoms with Gasteiger partial charge >= 0.3 is 6.36 Å². The second-order valence-corrected chi connectivity index (χ2v) is 9.14. The fraction of sp³-hybridized carbons (Fsp3) is 0.609. The van der Waals surface area contributed by atoms with Crippen molar-refractivity contribution >= 4 is 6.01 Å². The van der Waals surface area contributed by atoms with E-state index in [4.69, 9.17) is 4.42 Å². The van der Waals surface area contributed by atoms with Gasteiger partial charge in [-0.2, -0.15) is 0 Å². The summed E-state index contributed by atoms with van der Waals surface area (Å²) in [7, 11) is 0. The van der Waals surface area contributed by atoms with Gasteiger partial charge in [-0.1, -0.05) is 12.8 Å². The molecule has 5 rings (SSSR count). The van der Waals surface area contributed by atoms with E-state index in [0.717, 1.165) is 12.8 Å². The van der Waals surface area contributed by atoms with E-state index in [0.29, 0.717) is 41.5 Å². The number of piperidine rings is 1. The molecule has 1 aliphatic carbocycles. The normalized spacial score (nSPS) is 30.3. The van der Waals surface area contributed by atoms with Crippen molar-refractivity contribution in [3.8, 4) is 17.1 Å². The van der Waals surface area contributed by atoms with Gasteiger partial charge < -0.3 is 25.1 Å². The van der Waals surface area contributed by atoms with Crippen LogP contribution in [-0.2, 0) is 0 Å². The Labute approximate surface area is 185 Å². The Hall–Kier alpha value is -2.26. The van der Waals surface area contributed by atoms with E-state index < -0.39 is 6.36 Å². The van der Waals surface area contributed by atoms with E-state index in [1.807, 2.05) is 0 Å². The Morgan fingerprint density at radius 3 is 2.47 bits per heavy atom. The zero-order valence-corrected chi connectivity index (χ0v) is 17.8. The van der Waals surface area contributed by atoms with Crippen LogP contribution in [0.5, 0.6) is 5.75 Å². The molecular formula is C23H29F3N4O2. The number of hydrogen-bond acceptors (Lipinski definition) is 6. The summed E-state index contributed by atoms with van der Waals surface area (Å²) in [5, 5.41) is 11.1. The number of benzene rings is 1. The molecule has 3 heterocycles. The van der Waals surface area contributed by atoms with Crippen LogP contribution >= 0.6 is 0 Å². The number of hydrogen-bond donors (Lipinski definition) is 3. The average molecular weight is 451 g/mol. The third-order valence-electron chi connectivity index (χ3n) is 6.97. The summed E-state index contributed by atoms with van der Waals surface area (Å²) in [5.41, 5.74) is 0.641. The van der Waals surface area contributed by atoms with Crippen molar-refractivity contribution < 1.29 is 22.3 Å². The van der Waals surface area contributed by atoms with Crippen LogP contribution in [0.25, 0.3) is 11.3 Å². The minimum absolute atomic E-state index is 0.233. The highest BCUT2D eigenvalue weighted by atomic mass is 19.4. The number of alkyl halides is 3. The van der Waals surface area contributed by atoms with E-state index in [1.165, 1.54) is 62.8 Å².